The number of hydrogen-bond acceptors (Lipinski definition) is 6. The van der Waals surface area contributed by atoms with Crippen molar-refractivity contribution in [1.29, 1.82) is 0 Å². The summed E-state index contributed by atoms with van der Waals surface area (Å²) in [6.45, 7) is 6.20. The van der Waals surface area contributed by atoms with Crippen molar-refractivity contribution in [3.8, 4) is 11.5 Å². The standard InChI is InChI=1S/C24H21N5O2/c1-16(31-21-12-14-25-20-15-18(30-3)9-10-19(20)21)23-27-26-22-11-13-24(2,28-29(22)23)17-7-5-4-6-8-17/h4-15,28H,1H2,2-3H3. The molecular formula is C24H21N5O2. The van der Waals surface area contributed by atoms with E-state index in [4.69, 9.17) is 9.47 Å². The number of hydrogen-bond donors (Lipinski definition) is 1. The van der Waals surface area contributed by atoms with E-state index in [-0.39, 0.29) is 0 Å². The molecule has 0 spiro atoms. The van der Waals surface area contributed by atoms with Crippen molar-refractivity contribution >= 4 is 22.7 Å². The van der Waals surface area contributed by atoms with E-state index in [1.807, 2.05) is 47.2 Å². The Kier molecular flexibility index (Phi) is 4.43. The van der Waals surface area contributed by atoms with Gasteiger partial charge in [-0.1, -0.05) is 36.9 Å². The van der Waals surface area contributed by atoms with Crippen LogP contribution in [0.5, 0.6) is 11.5 Å². The lowest BCUT2D eigenvalue weighted by molar-refractivity contribution is 0.415. The molecule has 1 atom stereocenters. The molecule has 1 N–H and O–H groups in total. The minimum Gasteiger partial charge on any atom is -0.497 e. The molecule has 0 fully saturated rings. The molecule has 31 heavy (non-hydrogen) atoms. The number of benzene rings is 2. The molecule has 1 aliphatic rings. The first-order valence-electron chi connectivity index (χ1n) is 9.86. The van der Waals surface area contributed by atoms with Gasteiger partial charge >= 0.3 is 0 Å². The molecule has 5 rings (SSSR count). The van der Waals surface area contributed by atoms with Gasteiger partial charge in [-0.15, -0.1) is 10.2 Å². The fraction of sp³-hybridized carbons (Fsp3) is 0.125. The second-order valence-corrected chi connectivity index (χ2v) is 7.45. The topological polar surface area (TPSA) is 74.1 Å². The van der Waals surface area contributed by atoms with E-state index in [1.165, 1.54) is 0 Å². The number of methoxy groups -OCH3 is 1. The number of nitrogens with zero attached hydrogens (tertiary/aromatic N) is 4. The van der Waals surface area contributed by atoms with E-state index in [1.54, 1.807) is 19.4 Å². The Morgan fingerprint density at radius 3 is 2.74 bits per heavy atom. The van der Waals surface area contributed by atoms with E-state index >= 15 is 0 Å². The highest BCUT2D eigenvalue weighted by atomic mass is 16.5. The average molecular weight is 411 g/mol. The zero-order valence-corrected chi connectivity index (χ0v) is 17.2. The number of pyridine rings is 1. The van der Waals surface area contributed by atoms with Gasteiger partial charge in [0.05, 0.1) is 18.2 Å². The molecule has 0 saturated heterocycles. The van der Waals surface area contributed by atoms with Crippen molar-refractivity contribution in [3.05, 3.63) is 90.7 Å². The first-order chi connectivity index (χ1) is 15.1. The van der Waals surface area contributed by atoms with Crippen molar-refractivity contribution in [3.63, 3.8) is 0 Å². The first-order valence-corrected chi connectivity index (χ1v) is 9.86. The van der Waals surface area contributed by atoms with Gasteiger partial charge in [-0.05, 0) is 42.8 Å². The fourth-order valence-corrected chi connectivity index (χ4v) is 3.65. The van der Waals surface area contributed by atoms with Crippen molar-refractivity contribution in [1.82, 2.24) is 19.9 Å². The summed E-state index contributed by atoms with van der Waals surface area (Å²) in [5.74, 6) is 2.92. The molecule has 3 heterocycles. The monoisotopic (exact) mass is 411 g/mol. The molecule has 0 radical (unpaired) electrons. The summed E-state index contributed by atoms with van der Waals surface area (Å²) < 4.78 is 13.2. The highest BCUT2D eigenvalue weighted by Gasteiger charge is 2.30. The van der Waals surface area contributed by atoms with Crippen LogP contribution in [0.3, 0.4) is 0 Å². The second-order valence-electron chi connectivity index (χ2n) is 7.45. The molecule has 0 saturated carbocycles. The summed E-state index contributed by atoms with van der Waals surface area (Å²) in [5.41, 5.74) is 4.96. The van der Waals surface area contributed by atoms with E-state index in [0.29, 0.717) is 23.2 Å². The van der Waals surface area contributed by atoms with Crippen LogP contribution in [0.2, 0.25) is 0 Å². The lowest BCUT2D eigenvalue weighted by Crippen LogP contribution is -2.39. The Bertz CT molecular complexity index is 1310. The molecule has 0 aliphatic carbocycles. The third-order valence-corrected chi connectivity index (χ3v) is 5.36. The largest absolute Gasteiger partial charge is 0.497 e. The Labute approximate surface area is 179 Å². The molecule has 154 valence electrons. The smallest absolute Gasteiger partial charge is 0.218 e. The van der Waals surface area contributed by atoms with Gasteiger partial charge in [-0.3, -0.25) is 4.98 Å². The zero-order chi connectivity index (χ0) is 21.4. The SMILES string of the molecule is C=C(Oc1ccnc2cc(OC)ccc12)c1nnc2n1NC(C)(c1ccccc1)C=C2. The predicted molar refractivity (Wildman–Crippen MR) is 120 cm³/mol. The van der Waals surface area contributed by atoms with Crippen LogP contribution in [-0.4, -0.2) is 27.0 Å². The maximum absolute atomic E-state index is 6.12. The van der Waals surface area contributed by atoms with Crippen molar-refractivity contribution in [2.75, 3.05) is 12.5 Å². The lowest BCUT2D eigenvalue weighted by atomic mass is 9.91. The number of nitrogens with one attached hydrogen (secondary N) is 1. The Hall–Kier alpha value is -4.13. The Morgan fingerprint density at radius 1 is 1.10 bits per heavy atom. The van der Waals surface area contributed by atoms with Gasteiger partial charge in [0.1, 0.15) is 11.5 Å². The zero-order valence-electron chi connectivity index (χ0n) is 17.2. The molecule has 1 aliphatic heterocycles. The van der Waals surface area contributed by atoms with E-state index in [0.717, 1.165) is 22.2 Å². The molecule has 2 aromatic heterocycles. The first kappa shape index (κ1) is 18.9. The summed E-state index contributed by atoms with van der Waals surface area (Å²) in [7, 11) is 1.63. The van der Waals surface area contributed by atoms with Crippen molar-refractivity contribution in [2.24, 2.45) is 0 Å². The summed E-state index contributed by atoms with van der Waals surface area (Å²) >= 11 is 0. The van der Waals surface area contributed by atoms with Crippen LogP contribution in [0.1, 0.15) is 24.1 Å². The molecule has 7 heteroatoms. The van der Waals surface area contributed by atoms with Crippen molar-refractivity contribution in [2.45, 2.75) is 12.5 Å². The molecule has 0 bridgehead atoms. The maximum Gasteiger partial charge on any atom is 0.218 e. The highest BCUT2D eigenvalue weighted by Crippen LogP contribution is 2.32. The third kappa shape index (κ3) is 3.30. The number of fused-ring (bicyclic) bond motifs is 2. The van der Waals surface area contributed by atoms with Gasteiger partial charge in [0.15, 0.2) is 11.6 Å². The van der Waals surface area contributed by atoms with Crippen LogP contribution in [0.25, 0.3) is 22.7 Å². The van der Waals surface area contributed by atoms with E-state index in [2.05, 4.69) is 52.3 Å². The average Bonchev–Trinajstić information content (AvgIpc) is 3.22. The molecule has 4 aromatic rings. The summed E-state index contributed by atoms with van der Waals surface area (Å²) in [4.78, 5) is 4.40. The van der Waals surface area contributed by atoms with Crippen LogP contribution < -0.4 is 14.9 Å². The third-order valence-electron chi connectivity index (χ3n) is 5.36. The van der Waals surface area contributed by atoms with E-state index in [9.17, 15) is 0 Å². The quantitative estimate of drug-likeness (QED) is 0.492. The van der Waals surface area contributed by atoms with Crippen LogP contribution in [0.4, 0.5) is 0 Å². The van der Waals surface area contributed by atoms with Crippen LogP contribution in [0.15, 0.2) is 73.4 Å². The summed E-state index contributed by atoms with van der Waals surface area (Å²) in [5, 5.41) is 9.41. The van der Waals surface area contributed by atoms with E-state index < -0.39 is 5.54 Å². The Balaban J connectivity index is 1.46. The lowest BCUT2D eigenvalue weighted by Gasteiger charge is -2.33. The number of aromatic nitrogens is 4. The predicted octanol–water partition coefficient (Wildman–Crippen LogP) is 4.37. The summed E-state index contributed by atoms with van der Waals surface area (Å²) in [6.07, 6.45) is 5.71. The van der Waals surface area contributed by atoms with Gasteiger partial charge in [-0.2, -0.15) is 0 Å². The Morgan fingerprint density at radius 2 is 1.94 bits per heavy atom. The number of rotatable bonds is 5. The van der Waals surface area contributed by atoms with Crippen molar-refractivity contribution < 1.29 is 9.47 Å². The van der Waals surface area contributed by atoms with Gasteiger partial charge in [0.25, 0.3) is 0 Å². The molecule has 1 unspecified atom stereocenters. The van der Waals surface area contributed by atoms with Gasteiger partial charge in [-0.25, -0.2) is 4.68 Å². The van der Waals surface area contributed by atoms with Crippen LogP contribution in [-0.2, 0) is 5.54 Å². The summed E-state index contributed by atoms with van der Waals surface area (Å²) in [6, 6.07) is 17.6. The molecule has 2 aromatic carbocycles. The fourth-order valence-electron chi connectivity index (χ4n) is 3.65. The normalized spacial score (nSPS) is 17.1. The second kappa shape index (κ2) is 7.28. The van der Waals surface area contributed by atoms with Gasteiger partial charge < -0.3 is 14.9 Å². The van der Waals surface area contributed by atoms with Crippen LogP contribution in [0, 0.1) is 0 Å². The maximum atomic E-state index is 6.12. The molecule has 7 nitrogen and oxygen atoms in total. The molecular weight excluding hydrogens is 390 g/mol. The molecule has 0 amide bonds. The minimum absolute atomic E-state index is 0.375. The number of ether oxygens (including phenoxy) is 2. The minimum atomic E-state index is -0.425. The van der Waals surface area contributed by atoms with Gasteiger partial charge in [0.2, 0.25) is 5.82 Å². The highest BCUT2D eigenvalue weighted by molar-refractivity contribution is 5.86. The van der Waals surface area contributed by atoms with Crippen LogP contribution >= 0.6 is 0 Å². The van der Waals surface area contributed by atoms with Gasteiger partial charge in [0, 0.05) is 17.6 Å².